The van der Waals surface area contributed by atoms with Gasteiger partial charge in [-0.25, -0.2) is 0 Å². The van der Waals surface area contributed by atoms with Gasteiger partial charge in [0.1, 0.15) is 6.61 Å². The van der Waals surface area contributed by atoms with Gasteiger partial charge in [-0.15, -0.1) is 6.42 Å². The highest BCUT2D eigenvalue weighted by molar-refractivity contribution is 5.76. The number of hydrogen-bond acceptors (Lipinski definition) is 3. The third-order valence-corrected chi connectivity index (χ3v) is 2.70. The van der Waals surface area contributed by atoms with E-state index >= 15 is 0 Å². The number of rotatable bonds is 7. The molecule has 4 heteroatoms. The van der Waals surface area contributed by atoms with Crippen molar-refractivity contribution in [3.05, 3.63) is 35.4 Å². The van der Waals surface area contributed by atoms with Gasteiger partial charge in [0.15, 0.2) is 0 Å². The van der Waals surface area contributed by atoms with Gasteiger partial charge < -0.3 is 15.2 Å². The molecular formula is C15H19NO3. The standard InChI is InChI=1S/C15H19NO3/c1-3-9-19-10-8-15(18)16-11-14(17)13-7-5-4-6-12(13)2/h1,4-7,14,17H,8-11H2,2H3,(H,16,18). The van der Waals surface area contributed by atoms with Crippen LogP contribution in [0.15, 0.2) is 24.3 Å². The Morgan fingerprint density at radius 1 is 1.53 bits per heavy atom. The Hall–Kier alpha value is -1.83. The fraction of sp³-hybridized carbons (Fsp3) is 0.400. The Morgan fingerprint density at radius 2 is 2.26 bits per heavy atom. The predicted molar refractivity (Wildman–Crippen MR) is 73.4 cm³/mol. The Balaban J connectivity index is 2.30. The zero-order chi connectivity index (χ0) is 14.1. The lowest BCUT2D eigenvalue weighted by molar-refractivity contribution is -0.122. The lowest BCUT2D eigenvalue weighted by Crippen LogP contribution is -2.29. The molecule has 0 aliphatic carbocycles. The third-order valence-electron chi connectivity index (χ3n) is 2.70. The van der Waals surface area contributed by atoms with Crippen molar-refractivity contribution in [1.82, 2.24) is 5.32 Å². The molecule has 0 saturated carbocycles. The Labute approximate surface area is 113 Å². The molecule has 1 atom stereocenters. The van der Waals surface area contributed by atoms with Crippen molar-refractivity contribution in [1.29, 1.82) is 0 Å². The maximum Gasteiger partial charge on any atom is 0.222 e. The number of carbonyl (C=O) groups is 1. The van der Waals surface area contributed by atoms with Crippen molar-refractivity contribution >= 4 is 5.91 Å². The summed E-state index contributed by atoms with van der Waals surface area (Å²) >= 11 is 0. The first-order valence-electron chi connectivity index (χ1n) is 6.16. The molecule has 0 fully saturated rings. The molecule has 4 nitrogen and oxygen atoms in total. The molecule has 0 aliphatic heterocycles. The van der Waals surface area contributed by atoms with E-state index in [1.54, 1.807) is 0 Å². The van der Waals surface area contributed by atoms with E-state index in [-0.39, 0.29) is 32.1 Å². The molecule has 1 aromatic carbocycles. The molecule has 1 aromatic rings. The van der Waals surface area contributed by atoms with Gasteiger partial charge in [0, 0.05) is 6.54 Å². The number of aryl methyl sites for hydroxylation is 1. The number of terminal acetylenes is 1. The summed E-state index contributed by atoms with van der Waals surface area (Å²) in [5.41, 5.74) is 1.83. The third kappa shape index (κ3) is 5.56. The second kappa shape index (κ2) is 8.30. The number of aliphatic hydroxyl groups excluding tert-OH is 1. The highest BCUT2D eigenvalue weighted by Gasteiger charge is 2.11. The van der Waals surface area contributed by atoms with Gasteiger partial charge in [0.25, 0.3) is 0 Å². The van der Waals surface area contributed by atoms with Gasteiger partial charge in [0.05, 0.1) is 19.1 Å². The molecule has 0 bridgehead atoms. The Bertz CT molecular complexity index is 451. The van der Waals surface area contributed by atoms with E-state index in [0.717, 1.165) is 11.1 Å². The van der Waals surface area contributed by atoms with Gasteiger partial charge in [-0.3, -0.25) is 4.79 Å². The normalized spacial score (nSPS) is 11.6. The van der Waals surface area contributed by atoms with Crippen molar-refractivity contribution in [3.8, 4) is 12.3 Å². The largest absolute Gasteiger partial charge is 0.387 e. The molecule has 0 saturated heterocycles. The Morgan fingerprint density at radius 3 is 2.95 bits per heavy atom. The van der Waals surface area contributed by atoms with E-state index < -0.39 is 6.10 Å². The van der Waals surface area contributed by atoms with E-state index in [2.05, 4.69) is 11.2 Å². The molecular weight excluding hydrogens is 242 g/mol. The average Bonchev–Trinajstić information content (AvgIpc) is 2.41. The van der Waals surface area contributed by atoms with Crippen LogP contribution in [0.5, 0.6) is 0 Å². The SMILES string of the molecule is C#CCOCCC(=O)NCC(O)c1ccccc1C. The topological polar surface area (TPSA) is 58.6 Å². The van der Waals surface area contributed by atoms with Crippen LogP contribution < -0.4 is 5.32 Å². The number of carbonyl (C=O) groups excluding carboxylic acids is 1. The minimum Gasteiger partial charge on any atom is -0.387 e. The first-order valence-corrected chi connectivity index (χ1v) is 6.16. The van der Waals surface area contributed by atoms with Gasteiger partial charge in [-0.2, -0.15) is 0 Å². The van der Waals surface area contributed by atoms with E-state index in [1.807, 2.05) is 31.2 Å². The molecule has 0 aromatic heterocycles. The van der Waals surface area contributed by atoms with Gasteiger partial charge in [-0.1, -0.05) is 30.2 Å². The summed E-state index contributed by atoms with van der Waals surface area (Å²) in [4.78, 5) is 11.5. The average molecular weight is 261 g/mol. The molecule has 0 radical (unpaired) electrons. The maximum absolute atomic E-state index is 11.5. The minimum atomic E-state index is -0.697. The number of hydrogen-bond donors (Lipinski definition) is 2. The van der Waals surface area contributed by atoms with Crippen LogP contribution in [-0.4, -0.2) is 30.8 Å². The molecule has 0 aliphatic rings. The molecule has 2 N–H and O–H groups in total. The summed E-state index contributed by atoms with van der Waals surface area (Å²) in [6.45, 7) is 2.61. The fourth-order valence-corrected chi connectivity index (χ4v) is 1.67. The molecule has 0 spiro atoms. The Kier molecular flexibility index (Phi) is 6.65. The number of ether oxygens (including phenoxy) is 1. The lowest BCUT2D eigenvalue weighted by Gasteiger charge is -2.14. The van der Waals surface area contributed by atoms with Crippen molar-refractivity contribution in [2.24, 2.45) is 0 Å². The summed E-state index contributed by atoms with van der Waals surface area (Å²) in [7, 11) is 0. The summed E-state index contributed by atoms with van der Waals surface area (Å²) in [6, 6.07) is 7.55. The molecule has 1 unspecified atom stereocenters. The van der Waals surface area contributed by atoms with Gasteiger partial charge in [-0.05, 0) is 18.1 Å². The molecule has 0 heterocycles. The quantitative estimate of drug-likeness (QED) is 0.572. The van der Waals surface area contributed by atoms with Crippen LogP contribution >= 0.6 is 0 Å². The fourth-order valence-electron chi connectivity index (χ4n) is 1.67. The van der Waals surface area contributed by atoms with Gasteiger partial charge >= 0.3 is 0 Å². The second-order valence-electron chi connectivity index (χ2n) is 4.18. The predicted octanol–water partition coefficient (Wildman–Crippen LogP) is 1.18. The van der Waals surface area contributed by atoms with E-state index in [9.17, 15) is 9.90 Å². The van der Waals surface area contributed by atoms with Crippen molar-refractivity contribution in [3.63, 3.8) is 0 Å². The van der Waals surface area contributed by atoms with Crippen LogP contribution in [0.2, 0.25) is 0 Å². The van der Waals surface area contributed by atoms with Crippen LogP contribution in [0, 0.1) is 19.3 Å². The molecule has 102 valence electrons. The van der Waals surface area contributed by atoms with Crippen LogP contribution in [0.4, 0.5) is 0 Å². The number of benzene rings is 1. The minimum absolute atomic E-state index is 0.162. The molecule has 1 rings (SSSR count). The summed E-state index contributed by atoms with van der Waals surface area (Å²) in [6.07, 6.45) is 4.55. The van der Waals surface area contributed by atoms with Gasteiger partial charge in [0.2, 0.25) is 5.91 Å². The van der Waals surface area contributed by atoms with Crippen LogP contribution in [0.1, 0.15) is 23.7 Å². The van der Waals surface area contributed by atoms with Crippen molar-refractivity contribution in [2.45, 2.75) is 19.4 Å². The highest BCUT2D eigenvalue weighted by Crippen LogP contribution is 2.16. The van der Waals surface area contributed by atoms with E-state index in [4.69, 9.17) is 11.2 Å². The van der Waals surface area contributed by atoms with Crippen LogP contribution in [0.25, 0.3) is 0 Å². The highest BCUT2D eigenvalue weighted by atomic mass is 16.5. The van der Waals surface area contributed by atoms with Crippen molar-refractivity contribution in [2.75, 3.05) is 19.8 Å². The van der Waals surface area contributed by atoms with Crippen LogP contribution in [0.3, 0.4) is 0 Å². The summed E-state index contributed by atoms with van der Waals surface area (Å²) in [5, 5.41) is 12.7. The zero-order valence-electron chi connectivity index (χ0n) is 11.1. The summed E-state index contributed by atoms with van der Waals surface area (Å²) < 4.78 is 5.00. The van der Waals surface area contributed by atoms with E-state index in [0.29, 0.717) is 0 Å². The van der Waals surface area contributed by atoms with E-state index in [1.165, 1.54) is 0 Å². The summed E-state index contributed by atoms with van der Waals surface area (Å²) in [5.74, 6) is 2.16. The number of aliphatic hydroxyl groups is 1. The zero-order valence-corrected chi connectivity index (χ0v) is 11.1. The monoisotopic (exact) mass is 261 g/mol. The second-order valence-corrected chi connectivity index (χ2v) is 4.18. The maximum atomic E-state index is 11.5. The number of nitrogens with one attached hydrogen (secondary N) is 1. The molecule has 19 heavy (non-hydrogen) atoms. The van der Waals surface area contributed by atoms with Crippen molar-refractivity contribution < 1.29 is 14.6 Å². The number of amides is 1. The first-order chi connectivity index (χ1) is 9.15. The molecule has 1 amide bonds. The lowest BCUT2D eigenvalue weighted by atomic mass is 10.0. The smallest absolute Gasteiger partial charge is 0.222 e. The van der Waals surface area contributed by atoms with Crippen LogP contribution in [-0.2, 0) is 9.53 Å². The first kappa shape index (κ1) is 15.2.